The Balaban J connectivity index is 1.81. The number of carbonyl (C=O) groups is 4. The lowest BCUT2D eigenvalue weighted by Gasteiger charge is -2.28. The molecular weight excluding hydrogens is 579 g/mol. The summed E-state index contributed by atoms with van der Waals surface area (Å²) in [5, 5.41) is 6.27. The summed E-state index contributed by atoms with van der Waals surface area (Å²) in [6, 6.07) is 3.82. The fourth-order valence-electron chi connectivity index (χ4n) is 3.30. The number of morpholine rings is 1. The van der Waals surface area contributed by atoms with Crippen molar-refractivity contribution in [3.8, 4) is 0 Å². The molecule has 1 aliphatic heterocycles. The highest BCUT2D eigenvalue weighted by atomic mass is 35.5. The van der Waals surface area contributed by atoms with Crippen LogP contribution in [0.2, 0.25) is 4.34 Å². The molecule has 212 valence electrons. The van der Waals surface area contributed by atoms with Crippen LogP contribution in [0.25, 0.3) is 0 Å². The Labute approximate surface area is 226 Å². The van der Waals surface area contributed by atoms with Crippen LogP contribution in [0.15, 0.2) is 30.3 Å². The highest BCUT2D eigenvalue weighted by Gasteiger charge is 2.36. The third-order valence-corrected chi connectivity index (χ3v) is 6.31. The Hall–Kier alpha value is -3.50. The number of ether oxygens (including phenoxy) is 2. The number of carbonyl (C=O) groups excluding carboxylic acids is 4. The number of nitrogens with zero attached hydrogens (tertiary/aromatic N) is 1. The van der Waals surface area contributed by atoms with Crippen LogP contribution in [0.3, 0.4) is 0 Å². The minimum Gasteiger partial charge on any atom is -0.443 e. The van der Waals surface area contributed by atoms with Gasteiger partial charge in [-0.3, -0.25) is 14.4 Å². The van der Waals surface area contributed by atoms with Gasteiger partial charge in [0.05, 0.1) is 27.1 Å². The van der Waals surface area contributed by atoms with Crippen LogP contribution in [0, 0.1) is 0 Å². The van der Waals surface area contributed by atoms with E-state index in [2.05, 4.69) is 10.1 Å². The Morgan fingerprint density at radius 2 is 1.92 bits per heavy atom. The van der Waals surface area contributed by atoms with Crippen molar-refractivity contribution >= 4 is 58.1 Å². The molecule has 0 saturated carbocycles. The van der Waals surface area contributed by atoms with Gasteiger partial charge in [-0.05, 0) is 30.3 Å². The van der Waals surface area contributed by atoms with Gasteiger partial charge in [-0.15, -0.1) is 11.3 Å². The fraction of sp³-hybridized carbons (Fsp3) is 0.364. The van der Waals surface area contributed by atoms with Gasteiger partial charge >= 0.3 is 12.3 Å². The number of hydrogen-bond acceptors (Lipinski definition) is 7. The van der Waals surface area contributed by atoms with Crippen LogP contribution in [0.5, 0.6) is 0 Å². The summed E-state index contributed by atoms with van der Waals surface area (Å²) >= 11 is 6.68. The normalized spacial score (nSPS) is 14.6. The minimum atomic E-state index is -4.97. The predicted molar refractivity (Wildman–Crippen MR) is 129 cm³/mol. The second kappa shape index (κ2) is 13.0. The molecule has 2 aromatic rings. The zero-order valence-electron chi connectivity index (χ0n) is 19.6. The first-order valence-corrected chi connectivity index (χ1v) is 12.2. The highest BCUT2D eigenvalue weighted by Crippen LogP contribution is 2.37. The molecule has 0 aliphatic carbocycles. The van der Waals surface area contributed by atoms with E-state index in [1.165, 1.54) is 18.2 Å². The second-order valence-electron chi connectivity index (χ2n) is 7.82. The average molecular weight is 599 g/mol. The van der Waals surface area contributed by atoms with Crippen LogP contribution < -0.4 is 20.9 Å². The molecule has 1 saturated heterocycles. The number of alkyl carbamates (subject to hydrolysis) is 1. The molecule has 4 amide bonds. The van der Waals surface area contributed by atoms with E-state index in [4.69, 9.17) is 16.3 Å². The molecule has 39 heavy (non-hydrogen) atoms. The molecule has 10 nitrogen and oxygen atoms in total. The summed E-state index contributed by atoms with van der Waals surface area (Å²) in [4.78, 5) is 50.4. The first kappa shape index (κ1) is 30.0. The quantitative estimate of drug-likeness (QED) is 0.379. The number of nitrogens with one attached hydrogen (secondary N) is 3. The van der Waals surface area contributed by atoms with Gasteiger partial charge in [0.15, 0.2) is 6.61 Å². The number of anilines is 2. The van der Waals surface area contributed by atoms with Gasteiger partial charge in [0.1, 0.15) is 12.6 Å². The zero-order chi connectivity index (χ0) is 28.7. The molecule has 0 spiro atoms. The Bertz CT molecular complexity index is 1230. The van der Waals surface area contributed by atoms with Gasteiger partial charge in [0, 0.05) is 18.8 Å². The van der Waals surface area contributed by atoms with Crippen LogP contribution in [0.1, 0.15) is 15.2 Å². The molecule has 1 fully saturated rings. The molecule has 3 rings (SSSR count). The van der Waals surface area contributed by atoms with E-state index >= 15 is 0 Å². The minimum absolute atomic E-state index is 0.0176. The van der Waals surface area contributed by atoms with Crippen LogP contribution in [-0.2, 0) is 25.2 Å². The molecule has 17 heteroatoms. The van der Waals surface area contributed by atoms with E-state index in [0.717, 1.165) is 22.3 Å². The standard InChI is InChI=1S/C22H20ClF5N4O6S/c23-16-4-3-15(39-16)20(35)29-8-14(31-21(36)38-9-17(24)25)19(34)30-13-2-1-11(7-12(13)22(26,27)28)32-5-6-37-10-18(32)33/h1-4,7,14,17H,5-6,8-10H2,(H,29,35)(H,30,34)(H,31,36)/t14-/m0/s1. The third kappa shape index (κ3) is 8.49. The van der Waals surface area contributed by atoms with Gasteiger partial charge in [-0.2, -0.15) is 13.2 Å². The van der Waals surface area contributed by atoms with Crippen molar-refractivity contribution in [3.63, 3.8) is 0 Å². The summed E-state index contributed by atoms with van der Waals surface area (Å²) in [6.45, 7) is -2.13. The Kier molecular flexibility index (Phi) is 10.0. The lowest BCUT2D eigenvalue weighted by molar-refractivity contribution is -0.137. The molecule has 0 unspecified atom stereocenters. The summed E-state index contributed by atoms with van der Waals surface area (Å²) in [5.41, 5.74) is -2.11. The van der Waals surface area contributed by atoms with Gasteiger partial charge in [0.2, 0.25) is 5.91 Å². The average Bonchev–Trinajstić information content (AvgIpc) is 3.31. The van der Waals surface area contributed by atoms with Crippen molar-refractivity contribution in [1.29, 1.82) is 0 Å². The number of rotatable bonds is 9. The van der Waals surface area contributed by atoms with E-state index in [-0.39, 0.29) is 34.7 Å². The van der Waals surface area contributed by atoms with Crippen molar-refractivity contribution in [2.24, 2.45) is 0 Å². The lowest BCUT2D eigenvalue weighted by Crippen LogP contribution is -2.51. The monoisotopic (exact) mass is 598 g/mol. The SMILES string of the molecule is O=C(N[C@@H](CNC(=O)c1ccc(Cl)s1)C(=O)Nc1ccc(N2CCOCC2=O)cc1C(F)(F)F)OCC(F)F. The zero-order valence-corrected chi connectivity index (χ0v) is 21.2. The van der Waals surface area contributed by atoms with Crippen molar-refractivity contribution in [2.45, 2.75) is 18.6 Å². The van der Waals surface area contributed by atoms with Crippen molar-refractivity contribution in [1.82, 2.24) is 10.6 Å². The molecule has 1 aromatic heterocycles. The Morgan fingerprint density at radius 3 is 2.54 bits per heavy atom. The van der Waals surface area contributed by atoms with Crippen LogP contribution in [0.4, 0.5) is 38.1 Å². The maximum atomic E-state index is 13.9. The maximum absolute atomic E-state index is 13.9. The number of amides is 4. The number of thiophene rings is 1. The lowest BCUT2D eigenvalue weighted by atomic mass is 10.1. The van der Waals surface area contributed by atoms with E-state index in [1.807, 2.05) is 10.6 Å². The molecule has 0 bridgehead atoms. The van der Waals surface area contributed by atoms with E-state index < -0.39 is 66.9 Å². The molecular formula is C22H20ClF5N4O6S. The first-order chi connectivity index (χ1) is 18.3. The van der Waals surface area contributed by atoms with E-state index in [9.17, 15) is 41.1 Å². The number of benzene rings is 1. The van der Waals surface area contributed by atoms with Gasteiger partial charge in [0.25, 0.3) is 18.2 Å². The third-order valence-electron chi connectivity index (χ3n) is 5.08. The summed E-state index contributed by atoms with van der Waals surface area (Å²) in [6.07, 6.45) is -9.46. The molecule has 1 atom stereocenters. The smallest absolute Gasteiger partial charge is 0.418 e. The van der Waals surface area contributed by atoms with Crippen LogP contribution in [-0.4, -0.2) is 69.2 Å². The van der Waals surface area contributed by atoms with Crippen molar-refractivity contribution in [3.05, 3.63) is 45.1 Å². The summed E-state index contributed by atoms with van der Waals surface area (Å²) in [5.74, 6) is -2.50. The van der Waals surface area contributed by atoms with Gasteiger partial charge < -0.3 is 30.3 Å². The topological polar surface area (TPSA) is 126 Å². The molecule has 0 radical (unpaired) electrons. The summed E-state index contributed by atoms with van der Waals surface area (Å²) in [7, 11) is 0. The molecule has 3 N–H and O–H groups in total. The predicted octanol–water partition coefficient (Wildman–Crippen LogP) is 3.51. The second-order valence-corrected chi connectivity index (χ2v) is 9.53. The molecule has 1 aromatic carbocycles. The van der Waals surface area contributed by atoms with Gasteiger partial charge in [-0.25, -0.2) is 13.6 Å². The van der Waals surface area contributed by atoms with Crippen molar-refractivity contribution in [2.75, 3.05) is 43.1 Å². The van der Waals surface area contributed by atoms with E-state index in [1.54, 1.807) is 0 Å². The number of alkyl halides is 5. The number of hydrogen-bond donors (Lipinski definition) is 3. The molecule has 1 aliphatic rings. The van der Waals surface area contributed by atoms with Crippen LogP contribution >= 0.6 is 22.9 Å². The number of halogens is 6. The Morgan fingerprint density at radius 1 is 1.18 bits per heavy atom. The molecule has 2 heterocycles. The van der Waals surface area contributed by atoms with Crippen molar-refractivity contribution < 1.29 is 50.6 Å². The van der Waals surface area contributed by atoms with E-state index in [0.29, 0.717) is 6.07 Å². The fourth-order valence-corrected chi connectivity index (χ4v) is 4.26. The van der Waals surface area contributed by atoms with Gasteiger partial charge in [-0.1, -0.05) is 11.6 Å². The highest BCUT2D eigenvalue weighted by molar-refractivity contribution is 7.18. The largest absolute Gasteiger partial charge is 0.443 e. The summed E-state index contributed by atoms with van der Waals surface area (Å²) < 4.78 is 75.9. The first-order valence-electron chi connectivity index (χ1n) is 11.0. The maximum Gasteiger partial charge on any atom is 0.418 e.